The number of piperidine rings is 1. The zero-order valence-electron chi connectivity index (χ0n) is 8.28. The minimum absolute atomic E-state index is 0.0702. The molecule has 0 bridgehead atoms. The summed E-state index contributed by atoms with van der Waals surface area (Å²) in [6.07, 6.45) is 5.92. The average molecular weight is 185 g/mol. The van der Waals surface area contributed by atoms with Gasteiger partial charge in [0.05, 0.1) is 12.7 Å². The summed E-state index contributed by atoms with van der Waals surface area (Å²) < 4.78 is 4.90. The van der Waals surface area contributed by atoms with E-state index in [0.29, 0.717) is 6.61 Å². The molecule has 0 aromatic heterocycles. The summed E-state index contributed by atoms with van der Waals surface area (Å²) in [7, 11) is 1.70. The Morgan fingerprint density at radius 2 is 2.08 bits per heavy atom. The van der Waals surface area contributed by atoms with Crippen molar-refractivity contribution in [2.24, 2.45) is 0 Å². The van der Waals surface area contributed by atoms with E-state index < -0.39 is 0 Å². The van der Waals surface area contributed by atoms with Crippen LogP contribution in [0, 0.1) is 0 Å². The van der Waals surface area contributed by atoms with Crippen molar-refractivity contribution in [2.45, 2.75) is 18.9 Å². The van der Waals surface area contributed by atoms with Gasteiger partial charge in [-0.15, -0.1) is 0 Å². The molecule has 1 N–H and O–H groups in total. The molecule has 0 aliphatic carbocycles. The van der Waals surface area contributed by atoms with E-state index in [9.17, 15) is 5.11 Å². The van der Waals surface area contributed by atoms with Gasteiger partial charge >= 0.3 is 0 Å². The van der Waals surface area contributed by atoms with Crippen molar-refractivity contribution in [1.82, 2.24) is 4.90 Å². The third kappa shape index (κ3) is 4.41. The Morgan fingerprint density at radius 1 is 1.38 bits per heavy atom. The van der Waals surface area contributed by atoms with E-state index in [4.69, 9.17) is 4.74 Å². The molecule has 1 aliphatic heterocycles. The van der Waals surface area contributed by atoms with Gasteiger partial charge in [-0.2, -0.15) is 0 Å². The van der Waals surface area contributed by atoms with Gasteiger partial charge in [-0.3, -0.25) is 4.90 Å². The van der Waals surface area contributed by atoms with Crippen LogP contribution in [0.5, 0.6) is 0 Å². The molecule has 0 aromatic carbocycles. The molecule has 0 radical (unpaired) electrons. The van der Waals surface area contributed by atoms with Gasteiger partial charge in [0.2, 0.25) is 0 Å². The summed E-state index contributed by atoms with van der Waals surface area (Å²) in [5, 5.41) is 9.27. The van der Waals surface area contributed by atoms with Crippen LogP contribution >= 0.6 is 0 Å². The molecule has 0 atom stereocenters. The van der Waals surface area contributed by atoms with Gasteiger partial charge in [0.25, 0.3) is 0 Å². The molecule has 1 fully saturated rings. The van der Waals surface area contributed by atoms with Crippen LogP contribution in [-0.2, 0) is 4.74 Å². The minimum atomic E-state index is -0.0702. The van der Waals surface area contributed by atoms with E-state index in [1.54, 1.807) is 7.11 Å². The fourth-order valence-electron chi connectivity index (χ4n) is 1.49. The van der Waals surface area contributed by atoms with E-state index in [0.717, 1.165) is 32.5 Å². The topological polar surface area (TPSA) is 32.7 Å². The highest BCUT2D eigenvalue weighted by atomic mass is 16.5. The molecule has 1 heterocycles. The van der Waals surface area contributed by atoms with Crippen molar-refractivity contribution in [3.8, 4) is 0 Å². The smallest absolute Gasteiger partial charge is 0.0644 e. The van der Waals surface area contributed by atoms with Crippen LogP contribution in [0.1, 0.15) is 12.8 Å². The Morgan fingerprint density at radius 3 is 2.69 bits per heavy atom. The van der Waals surface area contributed by atoms with E-state index in [1.807, 2.05) is 6.08 Å². The standard InChI is InChI=1S/C10H19NO2/c1-13-9-3-2-6-11-7-4-10(12)5-8-11/h2-3,10,12H,4-9H2,1H3/b3-2+. The Kier molecular flexibility index (Phi) is 5.05. The molecule has 0 amide bonds. The number of hydrogen-bond acceptors (Lipinski definition) is 3. The monoisotopic (exact) mass is 185 g/mol. The first-order valence-electron chi connectivity index (χ1n) is 4.87. The normalized spacial score (nSPS) is 21.4. The molecule has 1 saturated heterocycles. The van der Waals surface area contributed by atoms with Crippen LogP contribution in [-0.4, -0.2) is 49.5 Å². The molecule has 3 heteroatoms. The lowest BCUT2D eigenvalue weighted by atomic mass is 10.1. The number of rotatable bonds is 4. The van der Waals surface area contributed by atoms with Crippen molar-refractivity contribution in [1.29, 1.82) is 0 Å². The summed E-state index contributed by atoms with van der Waals surface area (Å²) >= 11 is 0. The van der Waals surface area contributed by atoms with Crippen LogP contribution in [0.15, 0.2) is 12.2 Å². The minimum Gasteiger partial charge on any atom is -0.393 e. The summed E-state index contributed by atoms with van der Waals surface area (Å²) in [5.41, 5.74) is 0. The zero-order valence-corrected chi connectivity index (χ0v) is 8.28. The van der Waals surface area contributed by atoms with Crippen LogP contribution in [0.25, 0.3) is 0 Å². The Hall–Kier alpha value is -0.380. The predicted molar refractivity (Wildman–Crippen MR) is 52.7 cm³/mol. The van der Waals surface area contributed by atoms with Gasteiger partial charge in [0.15, 0.2) is 0 Å². The summed E-state index contributed by atoms with van der Waals surface area (Å²) in [6, 6.07) is 0. The largest absolute Gasteiger partial charge is 0.393 e. The van der Waals surface area contributed by atoms with E-state index in [-0.39, 0.29) is 6.10 Å². The molecule has 0 unspecified atom stereocenters. The third-order valence-corrected chi connectivity index (χ3v) is 2.35. The van der Waals surface area contributed by atoms with E-state index >= 15 is 0 Å². The second-order valence-electron chi connectivity index (χ2n) is 3.46. The van der Waals surface area contributed by atoms with Gasteiger partial charge in [0.1, 0.15) is 0 Å². The second-order valence-corrected chi connectivity index (χ2v) is 3.46. The molecule has 0 spiro atoms. The number of hydrogen-bond donors (Lipinski definition) is 1. The summed E-state index contributed by atoms with van der Waals surface area (Å²) in [6.45, 7) is 3.70. The maximum atomic E-state index is 9.27. The lowest BCUT2D eigenvalue weighted by Gasteiger charge is -2.28. The molecule has 0 aromatic rings. The van der Waals surface area contributed by atoms with E-state index in [1.165, 1.54) is 0 Å². The fraction of sp³-hybridized carbons (Fsp3) is 0.800. The predicted octanol–water partition coefficient (Wildman–Crippen LogP) is 0.646. The van der Waals surface area contributed by atoms with Crippen LogP contribution in [0.4, 0.5) is 0 Å². The van der Waals surface area contributed by atoms with Gasteiger partial charge in [-0.1, -0.05) is 12.2 Å². The van der Waals surface area contributed by atoms with Crippen LogP contribution in [0.3, 0.4) is 0 Å². The van der Waals surface area contributed by atoms with Gasteiger partial charge in [-0.25, -0.2) is 0 Å². The molecule has 0 saturated carbocycles. The molecule has 3 nitrogen and oxygen atoms in total. The number of likely N-dealkylation sites (tertiary alicyclic amines) is 1. The first-order valence-corrected chi connectivity index (χ1v) is 4.87. The molecular weight excluding hydrogens is 166 g/mol. The van der Waals surface area contributed by atoms with Gasteiger partial charge in [0, 0.05) is 26.7 Å². The van der Waals surface area contributed by atoms with Crippen molar-refractivity contribution in [2.75, 3.05) is 33.4 Å². The Balaban J connectivity index is 2.08. The van der Waals surface area contributed by atoms with Gasteiger partial charge in [-0.05, 0) is 12.8 Å². The van der Waals surface area contributed by atoms with Crippen molar-refractivity contribution in [3.05, 3.63) is 12.2 Å². The zero-order chi connectivity index (χ0) is 9.52. The fourth-order valence-corrected chi connectivity index (χ4v) is 1.49. The highest BCUT2D eigenvalue weighted by Gasteiger charge is 2.14. The first-order chi connectivity index (χ1) is 6.33. The third-order valence-electron chi connectivity index (χ3n) is 2.35. The summed E-state index contributed by atoms with van der Waals surface area (Å²) in [5.74, 6) is 0. The van der Waals surface area contributed by atoms with Gasteiger partial charge < -0.3 is 9.84 Å². The molecule has 76 valence electrons. The number of methoxy groups -OCH3 is 1. The van der Waals surface area contributed by atoms with Crippen LogP contribution in [0.2, 0.25) is 0 Å². The quantitative estimate of drug-likeness (QED) is 0.653. The first kappa shape index (κ1) is 10.7. The molecular formula is C10H19NO2. The maximum absolute atomic E-state index is 9.27. The van der Waals surface area contributed by atoms with Crippen LogP contribution < -0.4 is 0 Å². The second kappa shape index (κ2) is 6.13. The number of ether oxygens (including phenoxy) is 1. The number of nitrogens with zero attached hydrogens (tertiary/aromatic N) is 1. The number of aliphatic hydroxyl groups is 1. The summed E-state index contributed by atoms with van der Waals surface area (Å²) in [4.78, 5) is 2.35. The van der Waals surface area contributed by atoms with E-state index in [2.05, 4.69) is 11.0 Å². The lowest BCUT2D eigenvalue weighted by Crippen LogP contribution is -2.35. The molecule has 1 rings (SSSR count). The SMILES string of the molecule is COC/C=C/CN1CCC(O)CC1. The lowest BCUT2D eigenvalue weighted by molar-refractivity contribution is 0.0879. The highest BCUT2D eigenvalue weighted by Crippen LogP contribution is 2.08. The highest BCUT2D eigenvalue weighted by molar-refractivity contribution is 4.86. The Labute approximate surface area is 80.0 Å². The number of aliphatic hydroxyl groups excluding tert-OH is 1. The maximum Gasteiger partial charge on any atom is 0.0644 e. The van der Waals surface area contributed by atoms with Crippen molar-refractivity contribution < 1.29 is 9.84 Å². The average Bonchev–Trinajstić information content (AvgIpc) is 2.15. The van der Waals surface area contributed by atoms with Crippen molar-refractivity contribution in [3.63, 3.8) is 0 Å². The molecule has 13 heavy (non-hydrogen) atoms. The van der Waals surface area contributed by atoms with Crippen molar-refractivity contribution >= 4 is 0 Å². The Bertz CT molecular complexity index is 151. The molecule has 1 aliphatic rings.